The number of carbonyl (C=O) groups is 2. The Morgan fingerprint density at radius 1 is 1.13 bits per heavy atom. The van der Waals surface area contributed by atoms with Crippen LogP contribution in [0.3, 0.4) is 0 Å². The molecule has 2 aromatic carbocycles. The van der Waals surface area contributed by atoms with Crippen molar-refractivity contribution in [2.24, 2.45) is 0 Å². The Morgan fingerprint density at radius 2 is 1.81 bits per heavy atom. The van der Waals surface area contributed by atoms with E-state index in [2.05, 4.69) is 10.4 Å². The van der Waals surface area contributed by atoms with Crippen molar-refractivity contribution in [1.29, 1.82) is 0 Å². The first kappa shape index (κ1) is 22.1. The summed E-state index contributed by atoms with van der Waals surface area (Å²) in [6, 6.07) is 10.3. The van der Waals surface area contributed by atoms with Crippen LogP contribution in [0.4, 0.5) is 14.5 Å². The first-order valence-corrected chi connectivity index (χ1v) is 9.37. The van der Waals surface area contributed by atoms with E-state index in [1.54, 1.807) is 31.2 Å². The summed E-state index contributed by atoms with van der Waals surface area (Å²) in [5.41, 5.74) is -0.499. The van der Waals surface area contributed by atoms with E-state index < -0.39 is 40.7 Å². The molecule has 1 unspecified atom stereocenters. The molecule has 10 heteroatoms. The summed E-state index contributed by atoms with van der Waals surface area (Å²) in [6.45, 7) is 2.87. The molecule has 31 heavy (non-hydrogen) atoms. The van der Waals surface area contributed by atoms with Crippen molar-refractivity contribution in [2.45, 2.75) is 20.0 Å². The number of nitrogens with one attached hydrogen (secondary N) is 1. The Hall–Kier alpha value is -3.59. The zero-order chi connectivity index (χ0) is 22.7. The highest BCUT2D eigenvalue weighted by molar-refractivity contribution is 6.30. The maximum absolute atomic E-state index is 13.7. The number of carbonyl (C=O) groups excluding carboxylic acids is 2. The maximum Gasteiger partial charge on any atom is 0.363 e. The third-order valence-electron chi connectivity index (χ3n) is 4.21. The van der Waals surface area contributed by atoms with Gasteiger partial charge in [0.25, 0.3) is 5.91 Å². The number of halogens is 3. The summed E-state index contributed by atoms with van der Waals surface area (Å²) < 4.78 is 33.0. The topological polar surface area (TPSA) is 90.3 Å². The molecule has 0 saturated heterocycles. The average molecular weight is 448 g/mol. The molecule has 0 aliphatic heterocycles. The van der Waals surface area contributed by atoms with Crippen molar-refractivity contribution in [3.63, 3.8) is 0 Å². The molecule has 3 rings (SSSR count). The van der Waals surface area contributed by atoms with E-state index in [0.29, 0.717) is 22.5 Å². The van der Waals surface area contributed by atoms with Gasteiger partial charge in [-0.05, 0) is 50.2 Å². The Bertz CT molecular complexity index is 1210. The van der Waals surface area contributed by atoms with Crippen molar-refractivity contribution < 1.29 is 23.1 Å². The molecule has 0 bridgehead atoms. The van der Waals surface area contributed by atoms with Crippen LogP contribution < -0.4 is 10.7 Å². The fourth-order valence-electron chi connectivity index (χ4n) is 2.63. The number of aryl methyl sites for hydroxylation is 1. The van der Waals surface area contributed by atoms with E-state index in [1.807, 2.05) is 0 Å². The van der Waals surface area contributed by atoms with Crippen molar-refractivity contribution in [3.05, 3.63) is 86.8 Å². The first-order valence-electron chi connectivity index (χ1n) is 8.99. The van der Waals surface area contributed by atoms with Gasteiger partial charge in [0, 0.05) is 22.8 Å². The van der Waals surface area contributed by atoms with Crippen molar-refractivity contribution in [2.75, 3.05) is 5.32 Å². The van der Waals surface area contributed by atoms with Gasteiger partial charge in [-0.25, -0.2) is 18.3 Å². The highest BCUT2D eigenvalue weighted by atomic mass is 35.5. The second-order valence-electron chi connectivity index (χ2n) is 6.55. The molecule has 1 heterocycles. The molecule has 0 spiro atoms. The number of anilines is 1. The van der Waals surface area contributed by atoms with Crippen LogP contribution in [0.2, 0.25) is 5.02 Å². The zero-order valence-corrected chi connectivity index (χ0v) is 17.1. The Balaban J connectivity index is 1.79. The largest absolute Gasteiger partial charge is 0.448 e. The minimum atomic E-state index is -1.39. The third-order valence-corrected chi connectivity index (χ3v) is 4.47. The minimum Gasteiger partial charge on any atom is -0.448 e. The summed E-state index contributed by atoms with van der Waals surface area (Å²) in [7, 11) is 0. The Kier molecular flexibility index (Phi) is 6.45. The van der Waals surface area contributed by atoms with E-state index in [0.717, 1.165) is 12.1 Å². The summed E-state index contributed by atoms with van der Waals surface area (Å²) in [5.74, 6) is -3.80. The van der Waals surface area contributed by atoms with Crippen molar-refractivity contribution in [3.8, 4) is 5.69 Å². The molecule has 0 aliphatic rings. The predicted molar refractivity (Wildman–Crippen MR) is 109 cm³/mol. The van der Waals surface area contributed by atoms with Crippen molar-refractivity contribution >= 4 is 29.2 Å². The van der Waals surface area contributed by atoms with Gasteiger partial charge in [-0.3, -0.25) is 9.59 Å². The lowest BCUT2D eigenvalue weighted by Gasteiger charge is -2.15. The number of amides is 1. The summed E-state index contributed by atoms with van der Waals surface area (Å²) in [6.07, 6.45) is -1.39. The number of ether oxygens (including phenoxy) is 1. The van der Waals surface area contributed by atoms with E-state index >= 15 is 0 Å². The lowest BCUT2D eigenvalue weighted by Crippen LogP contribution is -2.33. The smallest absolute Gasteiger partial charge is 0.363 e. The van der Waals surface area contributed by atoms with Gasteiger partial charge in [-0.2, -0.15) is 5.10 Å². The predicted octanol–water partition coefficient (Wildman–Crippen LogP) is 3.66. The highest BCUT2D eigenvalue weighted by Gasteiger charge is 2.24. The first-order chi connectivity index (χ1) is 14.7. The third kappa shape index (κ3) is 5.13. The summed E-state index contributed by atoms with van der Waals surface area (Å²) in [5, 5.41) is 6.73. The molecule has 1 aromatic heterocycles. The zero-order valence-electron chi connectivity index (χ0n) is 16.4. The molecule has 7 nitrogen and oxygen atoms in total. The molecule has 1 atom stereocenters. The molecular weight excluding hydrogens is 432 g/mol. The van der Waals surface area contributed by atoms with Gasteiger partial charge in [0.2, 0.25) is 11.1 Å². The SMILES string of the molecule is Cc1cc(=O)c(C(=O)OC(C)C(=O)Nc2ccc(F)cc2F)nn1-c1ccc(Cl)cc1. The second-order valence-corrected chi connectivity index (χ2v) is 6.98. The number of hydrogen-bond donors (Lipinski definition) is 1. The van der Waals surface area contributed by atoms with Gasteiger partial charge in [0.1, 0.15) is 11.6 Å². The van der Waals surface area contributed by atoms with Crippen LogP contribution >= 0.6 is 11.6 Å². The molecule has 0 saturated carbocycles. The van der Waals surface area contributed by atoms with E-state index in [9.17, 15) is 23.2 Å². The number of rotatable bonds is 5. The lowest BCUT2D eigenvalue weighted by atomic mass is 10.2. The average Bonchev–Trinajstić information content (AvgIpc) is 2.70. The fraction of sp³-hybridized carbons (Fsp3) is 0.143. The maximum atomic E-state index is 13.7. The quantitative estimate of drug-likeness (QED) is 0.603. The van der Waals surface area contributed by atoms with E-state index in [1.165, 1.54) is 17.7 Å². The highest BCUT2D eigenvalue weighted by Crippen LogP contribution is 2.16. The number of esters is 1. The van der Waals surface area contributed by atoms with Crippen LogP contribution in [-0.2, 0) is 9.53 Å². The van der Waals surface area contributed by atoms with Crippen LogP contribution in [0.1, 0.15) is 23.1 Å². The minimum absolute atomic E-state index is 0.284. The lowest BCUT2D eigenvalue weighted by molar-refractivity contribution is -0.123. The Labute approximate surface area is 180 Å². The fourth-order valence-corrected chi connectivity index (χ4v) is 2.75. The summed E-state index contributed by atoms with van der Waals surface area (Å²) in [4.78, 5) is 36.9. The number of hydrogen-bond acceptors (Lipinski definition) is 5. The Morgan fingerprint density at radius 3 is 2.45 bits per heavy atom. The normalized spacial score (nSPS) is 11.6. The van der Waals surface area contributed by atoms with Gasteiger partial charge in [0.15, 0.2) is 6.10 Å². The van der Waals surface area contributed by atoms with Gasteiger partial charge < -0.3 is 10.1 Å². The van der Waals surface area contributed by atoms with Gasteiger partial charge in [-0.1, -0.05) is 11.6 Å². The van der Waals surface area contributed by atoms with Crippen LogP contribution in [-0.4, -0.2) is 27.8 Å². The standard InChI is InChI=1S/C21H16ClF2N3O4/c1-11-9-18(28)19(26-27(11)15-6-3-13(22)4-7-15)21(30)31-12(2)20(29)25-17-8-5-14(23)10-16(17)24/h3-10,12H,1-2H3,(H,25,29). The second kappa shape index (κ2) is 9.05. The van der Waals surface area contributed by atoms with Crippen LogP contribution in [0.25, 0.3) is 5.69 Å². The molecule has 1 amide bonds. The van der Waals surface area contributed by atoms with Crippen LogP contribution in [0, 0.1) is 18.6 Å². The molecule has 1 N–H and O–H groups in total. The van der Waals surface area contributed by atoms with Crippen LogP contribution in [0.15, 0.2) is 53.3 Å². The number of benzene rings is 2. The molecule has 0 radical (unpaired) electrons. The van der Waals surface area contributed by atoms with Gasteiger partial charge >= 0.3 is 5.97 Å². The molecular formula is C21H16ClF2N3O4. The van der Waals surface area contributed by atoms with Crippen LogP contribution in [0.5, 0.6) is 0 Å². The number of aromatic nitrogens is 2. The van der Waals surface area contributed by atoms with E-state index in [4.69, 9.17) is 16.3 Å². The molecule has 0 fully saturated rings. The van der Waals surface area contributed by atoms with Crippen molar-refractivity contribution in [1.82, 2.24) is 9.78 Å². The van der Waals surface area contributed by atoms with E-state index in [-0.39, 0.29) is 5.69 Å². The molecule has 3 aromatic rings. The summed E-state index contributed by atoms with van der Waals surface area (Å²) >= 11 is 5.87. The molecule has 160 valence electrons. The molecule has 0 aliphatic carbocycles. The number of nitrogens with zero attached hydrogens (tertiary/aromatic N) is 2. The monoisotopic (exact) mass is 447 g/mol. The van der Waals surface area contributed by atoms with Gasteiger partial charge in [-0.15, -0.1) is 0 Å². The van der Waals surface area contributed by atoms with Gasteiger partial charge in [0.05, 0.1) is 11.4 Å².